The predicted molar refractivity (Wildman–Crippen MR) is 377 cm³/mol. The molecule has 4 fully saturated rings. The Labute approximate surface area is 585 Å². The third-order valence-electron chi connectivity index (χ3n) is 21.1. The van der Waals surface area contributed by atoms with E-state index in [-0.39, 0.29) is 84.6 Å². The molecule has 0 radical (unpaired) electrons. The summed E-state index contributed by atoms with van der Waals surface area (Å²) in [6.45, 7) is 5.25. The lowest BCUT2D eigenvalue weighted by Gasteiger charge is -2.43. The number of ether oxygens (including phenoxy) is 6. The number of rotatable bonds is 51. The number of esters is 6. The molecular formula is C80H122F2N2O14. The number of aliphatic hydroxyl groups is 2. The van der Waals surface area contributed by atoms with Gasteiger partial charge in [0.25, 0.3) is 0 Å². The van der Waals surface area contributed by atoms with E-state index in [4.69, 9.17) is 28.4 Å². The van der Waals surface area contributed by atoms with E-state index in [1.54, 1.807) is 24.3 Å². The van der Waals surface area contributed by atoms with Gasteiger partial charge in [0.2, 0.25) is 0 Å². The second-order valence-electron chi connectivity index (χ2n) is 28.3. The second-order valence-corrected chi connectivity index (χ2v) is 28.3. The summed E-state index contributed by atoms with van der Waals surface area (Å²) >= 11 is 0. The number of aliphatic hydroxyl groups excluding tert-OH is 2. The SMILES string of the molecule is CCCCCC(OC(=O)CN1C2CCC1C(C(=O)OC)[C@@H](c1ccc(F)cc1)C2)C(O)C/C=C\CCCCCCCC(=O)OCCCCCCCCCCOC(=O)CCCCCCC/C=C\CC(O)C(CCCCC)OC(=O)CN1C2CCC1C(C(=O)OC)[C@H](c1ccc(F)cc1)C2. The summed E-state index contributed by atoms with van der Waals surface area (Å²) in [5, 5.41) is 22.5. The molecular weight excluding hydrogens is 1250 g/mol. The summed E-state index contributed by atoms with van der Waals surface area (Å²) in [5.41, 5.74) is 1.80. The number of nitrogens with zero attached hydrogens (tertiary/aromatic N) is 2. The van der Waals surface area contributed by atoms with E-state index in [9.17, 15) is 47.8 Å². The highest BCUT2D eigenvalue weighted by molar-refractivity contribution is 5.77. The van der Waals surface area contributed by atoms with E-state index in [1.807, 2.05) is 12.2 Å². The minimum absolute atomic E-state index is 0.0396. The molecule has 2 N–H and O–H groups in total. The van der Waals surface area contributed by atoms with Crippen molar-refractivity contribution >= 4 is 35.8 Å². The minimum atomic E-state index is -0.824. The largest absolute Gasteiger partial charge is 0.469 e. The molecule has 2 aromatic rings. The summed E-state index contributed by atoms with van der Waals surface area (Å²) in [6, 6.07) is 12.4. The van der Waals surface area contributed by atoms with Crippen LogP contribution in [0.25, 0.3) is 0 Å². The molecule has 6 rings (SSSR count). The zero-order valence-corrected chi connectivity index (χ0v) is 60.0. The van der Waals surface area contributed by atoms with Crippen molar-refractivity contribution in [3.8, 4) is 0 Å². The van der Waals surface area contributed by atoms with Crippen LogP contribution in [0.3, 0.4) is 0 Å². The van der Waals surface area contributed by atoms with Gasteiger partial charge in [-0.2, -0.15) is 0 Å². The average molecular weight is 1370 g/mol. The van der Waals surface area contributed by atoms with Crippen molar-refractivity contribution in [2.45, 2.75) is 318 Å². The van der Waals surface area contributed by atoms with E-state index in [0.717, 1.165) is 204 Å². The molecule has 12 atom stereocenters. The standard InChI is InChI=1S/C80H122F2N2O14/c1-5-7-27-37-71(97-75(89)57-83-63-49-51-67(83)77(79(91)93-3)65(55-63)59-41-45-61(81)46-42-59)69(85)35-29-21-15-9-11-17-23-31-39-73(87)95-53-33-25-19-13-14-20-26-34-54-96-74(88)40-32-24-18-12-10-16-22-30-36-70(86)72(38-28-8-6-2)98-76(90)58-84-64-50-52-68(84)78(80(92)94-4)66(56-64)60-43-47-62(82)48-44-60/h21-22,29-30,41-48,63-72,77-78,85-86H,5-20,23-28,31-40,49-58H2,1-4H3/b29-21-,30-22-/t63?,64?,65-,66+,67?,68?,69?,70?,71?,72?,77?,78?. The number of methoxy groups -OCH3 is 2. The van der Waals surface area contributed by atoms with Gasteiger partial charge < -0.3 is 38.6 Å². The van der Waals surface area contributed by atoms with Gasteiger partial charge in [0.15, 0.2) is 0 Å². The molecule has 4 aliphatic rings. The molecule has 0 amide bonds. The van der Waals surface area contributed by atoms with Crippen LogP contribution in [0.2, 0.25) is 0 Å². The Morgan fingerprint density at radius 3 is 1.18 bits per heavy atom. The molecule has 4 bridgehead atoms. The van der Waals surface area contributed by atoms with Crippen LogP contribution in [0.1, 0.15) is 281 Å². The lowest BCUT2D eigenvalue weighted by molar-refractivity contribution is -0.161. The van der Waals surface area contributed by atoms with E-state index < -0.39 is 48.2 Å². The first-order valence-electron chi connectivity index (χ1n) is 38.2. The number of hydrogen-bond donors (Lipinski definition) is 2. The molecule has 0 saturated carbocycles. The van der Waals surface area contributed by atoms with Crippen LogP contribution >= 0.6 is 0 Å². The Bertz CT molecular complexity index is 2500. The van der Waals surface area contributed by atoms with Gasteiger partial charge in [-0.05, 0) is 164 Å². The summed E-state index contributed by atoms with van der Waals surface area (Å²) in [6.07, 6.45) is 38.2. The quantitative estimate of drug-likeness (QED) is 0.0273. The van der Waals surface area contributed by atoms with E-state index in [1.165, 1.54) is 38.5 Å². The molecule has 18 heteroatoms. The van der Waals surface area contributed by atoms with Crippen LogP contribution in [0, 0.1) is 23.5 Å². The summed E-state index contributed by atoms with van der Waals surface area (Å²) < 4.78 is 61.1. The van der Waals surface area contributed by atoms with Crippen molar-refractivity contribution in [1.29, 1.82) is 0 Å². The van der Waals surface area contributed by atoms with E-state index in [2.05, 4.69) is 35.8 Å². The first-order valence-corrected chi connectivity index (χ1v) is 38.2. The van der Waals surface area contributed by atoms with Crippen molar-refractivity contribution in [3.05, 3.63) is 95.6 Å². The van der Waals surface area contributed by atoms with Gasteiger partial charge in [-0.1, -0.05) is 165 Å². The van der Waals surface area contributed by atoms with Gasteiger partial charge in [-0.15, -0.1) is 0 Å². The maximum atomic E-state index is 13.8. The normalized spacial score (nSPS) is 22.0. The maximum absolute atomic E-state index is 13.8. The molecule has 4 aliphatic heterocycles. The van der Waals surface area contributed by atoms with Gasteiger partial charge in [0, 0.05) is 48.8 Å². The highest BCUT2D eigenvalue weighted by Gasteiger charge is 2.53. The number of benzene rings is 2. The number of allylic oxidation sites excluding steroid dienone is 2. The highest BCUT2D eigenvalue weighted by atomic mass is 19.1. The van der Waals surface area contributed by atoms with Crippen LogP contribution in [-0.4, -0.2) is 145 Å². The van der Waals surface area contributed by atoms with Crippen LogP contribution in [0.4, 0.5) is 8.78 Å². The van der Waals surface area contributed by atoms with Crippen molar-refractivity contribution in [3.63, 3.8) is 0 Å². The number of carbonyl (C=O) groups excluding carboxylic acids is 6. The van der Waals surface area contributed by atoms with Crippen molar-refractivity contribution in [2.75, 3.05) is 40.5 Å². The van der Waals surface area contributed by atoms with Crippen molar-refractivity contribution < 1.29 is 76.2 Å². The number of fused-ring (bicyclic) bond motifs is 4. The fourth-order valence-corrected chi connectivity index (χ4v) is 15.6. The molecule has 10 unspecified atom stereocenters. The first kappa shape index (κ1) is 81.4. The van der Waals surface area contributed by atoms with Gasteiger partial charge in [0.1, 0.15) is 23.8 Å². The number of unbranched alkanes of at least 4 members (excludes halogenated alkanes) is 21. The molecule has 2 aromatic carbocycles. The monoisotopic (exact) mass is 1370 g/mol. The zero-order chi connectivity index (χ0) is 70.3. The predicted octanol–water partition coefficient (Wildman–Crippen LogP) is 16.2. The topological polar surface area (TPSA) is 205 Å². The third-order valence-corrected chi connectivity index (χ3v) is 21.1. The Kier molecular flexibility index (Phi) is 38.9. The van der Waals surface area contributed by atoms with Gasteiger partial charge in [0.05, 0.1) is 64.6 Å². The summed E-state index contributed by atoms with van der Waals surface area (Å²) in [4.78, 5) is 82.3. The van der Waals surface area contributed by atoms with Crippen LogP contribution in [0.15, 0.2) is 72.8 Å². The number of piperidine rings is 2. The highest BCUT2D eigenvalue weighted by Crippen LogP contribution is 2.49. The van der Waals surface area contributed by atoms with Crippen molar-refractivity contribution in [1.82, 2.24) is 9.80 Å². The van der Waals surface area contributed by atoms with Gasteiger partial charge >= 0.3 is 35.8 Å². The van der Waals surface area contributed by atoms with E-state index >= 15 is 0 Å². The molecule has 0 aromatic heterocycles. The molecule has 0 aliphatic carbocycles. The number of hydrogen-bond acceptors (Lipinski definition) is 16. The zero-order valence-electron chi connectivity index (χ0n) is 60.0. The molecule has 16 nitrogen and oxygen atoms in total. The molecule has 4 heterocycles. The first-order chi connectivity index (χ1) is 47.6. The number of halogens is 2. The number of carbonyl (C=O) groups is 6. The maximum Gasteiger partial charge on any atom is 0.320 e. The lowest BCUT2D eigenvalue weighted by atomic mass is 9.76. The van der Waals surface area contributed by atoms with E-state index in [0.29, 0.717) is 64.6 Å². The van der Waals surface area contributed by atoms with Crippen LogP contribution < -0.4 is 0 Å². The Morgan fingerprint density at radius 2 is 0.816 bits per heavy atom. The second kappa shape index (κ2) is 46.8. The Morgan fingerprint density at radius 1 is 0.459 bits per heavy atom. The van der Waals surface area contributed by atoms with Gasteiger partial charge in [-0.3, -0.25) is 38.6 Å². The summed E-state index contributed by atoms with van der Waals surface area (Å²) in [5.74, 6) is -3.56. The molecule has 4 saturated heterocycles. The third kappa shape index (κ3) is 28.5. The molecule has 550 valence electrons. The molecule has 98 heavy (non-hydrogen) atoms. The molecule has 0 spiro atoms. The minimum Gasteiger partial charge on any atom is -0.469 e. The van der Waals surface area contributed by atoms with Crippen molar-refractivity contribution in [2.24, 2.45) is 11.8 Å². The smallest absolute Gasteiger partial charge is 0.320 e. The van der Waals surface area contributed by atoms with Crippen LogP contribution in [-0.2, 0) is 57.2 Å². The Balaban J connectivity index is 0.695. The lowest BCUT2D eigenvalue weighted by Crippen LogP contribution is -2.53. The van der Waals surface area contributed by atoms with Crippen LogP contribution in [0.5, 0.6) is 0 Å². The Hall–Kier alpha value is -5.56. The van der Waals surface area contributed by atoms with Gasteiger partial charge in [-0.25, -0.2) is 8.78 Å². The summed E-state index contributed by atoms with van der Waals surface area (Å²) in [7, 11) is 2.77. The fraction of sp³-hybridized carbons (Fsp3) is 0.725. The average Bonchev–Trinajstić information content (AvgIpc) is 1.57. The fourth-order valence-electron chi connectivity index (χ4n) is 15.6.